The van der Waals surface area contributed by atoms with Gasteiger partial charge < -0.3 is 28.4 Å². The summed E-state index contributed by atoms with van der Waals surface area (Å²) in [4.78, 5) is 24.8. The predicted octanol–water partition coefficient (Wildman–Crippen LogP) is 3.25. The van der Waals surface area contributed by atoms with Gasteiger partial charge in [-0.05, 0) is 30.2 Å². The van der Waals surface area contributed by atoms with Gasteiger partial charge in [0.15, 0.2) is 19.4 Å². The normalized spacial score (nSPS) is 10.4. The fourth-order valence-corrected chi connectivity index (χ4v) is 3.03. The van der Waals surface area contributed by atoms with Crippen molar-refractivity contribution in [2.24, 2.45) is 0 Å². The SMILES string of the molecule is COCOc1cc(OCOC)c(-c2cccc(OC)c2)c(CC(=O)OC)c1C(C)=O. The van der Waals surface area contributed by atoms with Gasteiger partial charge in [-0.25, -0.2) is 0 Å². The first-order valence-corrected chi connectivity index (χ1v) is 9.12. The number of rotatable bonds is 11. The molecule has 0 bridgehead atoms. The van der Waals surface area contributed by atoms with Crippen LogP contribution in [-0.4, -0.2) is 53.8 Å². The van der Waals surface area contributed by atoms with Crippen LogP contribution < -0.4 is 14.2 Å². The van der Waals surface area contributed by atoms with E-state index in [-0.39, 0.29) is 37.1 Å². The molecule has 0 radical (unpaired) electrons. The Labute approximate surface area is 175 Å². The largest absolute Gasteiger partial charge is 0.497 e. The second kappa shape index (κ2) is 11.2. The van der Waals surface area contributed by atoms with E-state index in [1.165, 1.54) is 28.3 Å². The zero-order valence-corrected chi connectivity index (χ0v) is 17.8. The van der Waals surface area contributed by atoms with E-state index >= 15 is 0 Å². The lowest BCUT2D eigenvalue weighted by Gasteiger charge is -2.21. The Bertz CT molecular complexity index is 891. The number of carbonyl (C=O) groups excluding carboxylic acids is 2. The summed E-state index contributed by atoms with van der Waals surface area (Å²) in [7, 11) is 5.80. The third kappa shape index (κ3) is 5.49. The average molecular weight is 418 g/mol. The number of hydrogen-bond acceptors (Lipinski definition) is 8. The molecule has 0 atom stereocenters. The Kier molecular flexibility index (Phi) is 8.64. The highest BCUT2D eigenvalue weighted by Crippen LogP contribution is 2.42. The van der Waals surface area contributed by atoms with Crippen LogP contribution >= 0.6 is 0 Å². The van der Waals surface area contributed by atoms with E-state index in [0.717, 1.165) is 0 Å². The Morgan fingerprint density at radius 2 is 1.57 bits per heavy atom. The van der Waals surface area contributed by atoms with Crippen LogP contribution in [0.5, 0.6) is 17.2 Å². The van der Waals surface area contributed by atoms with Crippen LogP contribution in [0.1, 0.15) is 22.8 Å². The Hall–Kier alpha value is -3.10. The molecule has 0 aromatic heterocycles. The second-order valence-electron chi connectivity index (χ2n) is 6.24. The van der Waals surface area contributed by atoms with E-state index in [4.69, 9.17) is 28.4 Å². The molecule has 0 fully saturated rings. The summed E-state index contributed by atoms with van der Waals surface area (Å²) in [5.74, 6) is 0.435. The molecule has 0 saturated carbocycles. The van der Waals surface area contributed by atoms with Gasteiger partial charge in [-0.2, -0.15) is 0 Å². The third-order valence-electron chi connectivity index (χ3n) is 4.28. The van der Waals surface area contributed by atoms with Gasteiger partial charge in [-0.3, -0.25) is 9.59 Å². The van der Waals surface area contributed by atoms with Crippen molar-refractivity contribution in [3.05, 3.63) is 41.5 Å². The molecule has 0 N–H and O–H groups in total. The third-order valence-corrected chi connectivity index (χ3v) is 4.28. The average Bonchev–Trinajstić information content (AvgIpc) is 2.75. The number of carbonyl (C=O) groups is 2. The smallest absolute Gasteiger partial charge is 0.310 e. The summed E-state index contributed by atoms with van der Waals surface area (Å²) < 4.78 is 31.6. The van der Waals surface area contributed by atoms with Crippen LogP contribution in [-0.2, 0) is 25.4 Å². The summed E-state index contributed by atoms with van der Waals surface area (Å²) in [6, 6.07) is 8.80. The van der Waals surface area contributed by atoms with Crippen LogP contribution in [0.25, 0.3) is 11.1 Å². The van der Waals surface area contributed by atoms with Gasteiger partial charge >= 0.3 is 5.97 Å². The summed E-state index contributed by atoms with van der Waals surface area (Å²) >= 11 is 0. The monoisotopic (exact) mass is 418 g/mol. The molecule has 0 unspecified atom stereocenters. The maximum atomic E-state index is 12.6. The van der Waals surface area contributed by atoms with Crippen LogP contribution in [0.15, 0.2) is 30.3 Å². The van der Waals surface area contributed by atoms with Crippen LogP contribution in [0.3, 0.4) is 0 Å². The van der Waals surface area contributed by atoms with Crippen molar-refractivity contribution in [3.63, 3.8) is 0 Å². The lowest BCUT2D eigenvalue weighted by Crippen LogP contribution is -2.14. The highest BCUT2D eigenvalue weighted by molar-refractivity contribution is 6.02. The van der Waals surface area contributed by atoms with Crippen LogP contribution in [0, 0.1) is 0 Å². The molecule has 2 aromatic carbocycles. The van der Waals surface area contributed by atoms with E-state index < -0.39 is 5.97 Å². The molecule has 2 aromatic rings. The Morgan fingerprint density at radius 1 is 0.900 bits per heavy atom. The van der Waals surface area contributed by atoms with Crippen molar-refractivity contribution in [3.8, 4) is 28.4 Å². The molecule has 162 valence electrons. The fraction of sp³-hybridized carbons (Fsp3) is 0.364. The number of ether oxygens (including phenoxy) is 6. The van der Waals surface area contributed by atoms with Crippen molar-refractivity contribution >= 4 is 11.8 Å². The molecule has 0 spiro atoms. The molecule has 30 heavy (non-hydrogen) atoms. The minimum atomic E-state index is -0.511. The first-order chi connectivity index (χ1) is 14.5. The lowest BCUT2D eigenvalue weighted by molar-refractivity contribution is -0.139. The lowest BCUT2D eigenvalue weighted by atomic mass is 9.90. The van der Waals surface area contributed by atoms with Gasteiger partial charge in [0.1, 0.15) is 17.2 Å². The summed E-state index contributed by atoms with van der Waals surface area (Å²) in [6.07, 6.45) is -0.161. The maximum Gasteiger partial charge on any atom is 0.310 e. The zero-order chi connectivity index (χ0) is 22.1. The second-order valence-corrected chi connectivity index (χ2v) is 6.24. The molecular formula is C22H26O8. The van der Waals surface area contributed by atoms with Crippen LogP contribution in [0.2, 0.25) is 0 Å². The highest BCUT2D eigenvalue weighted by atomic mass is 16.7. The molecule has 8 heteroatoms. The van der Waals surface area contributed by atoms with E-state index in [1.807, 2.05) is 6.07 Å². The van der Waals surface area contributed by atoms with E-state index in [1.54, 1.807) is 31.4 Å². The molecule has 0 saturated heterocycles. The van der Waals surface area contributed by atoms with Crippen molar-refractivity contribution in [2.45, 2.75) is 13.3 Å². The summed E-state index contributed by atoms with van der Waals surface area (Å²) in [6.45, 7) is 1.28. The van der Waals surface area contributed by atoms with Crippen molar-refractivity contribution in [1.82, 2.24) is 0 Å². The molecule has 8 nitrogen and oxygen atoms in total. The fourth-order valence-electron chi connectivity index (χ4n) is 3.03. The van der Waals surface area contributed by atoms with Gasteiger partial charge in [0.2, 0.25) is 0 Å². The summed E-state index contributed by atoms with van der Waals surface area (Å²) in [5, 5.41) is 0. The van der Waals surface area contributed by atoms with Gasteiger partial charge in [-0.1, -0.05) is 12.1 Å². The van der Waals surface area contributed by atoms with Crippen molar-refractivity contribution in [1.29, 1.82) is 0 Å². The quantitative estimate of drug-likeness (QED) is 0.312. The number of methoxy groups -OCH3 is 4. The maximum absolute atomic E-state index is 12.6. The zero-order valence-electron chi connectivity index (χ0n) is 17.8. The molecule has 0 aliphatic heterocycles. The number of ketones is 1. The van der Waals surface area contributed by atoms with E-state index in [2.05, 4.69) is 0 Å². The Morgan fingerprint density at radius 3 is 2.13 bits per heavy atom. The first kappa shape index (κ1) is 23.2. The molecular weight excluding hydrogens is 392 g/mol. The molecule has 0 amide bonds. The van der Waals surface area contributed by atoms with Crippen molar-refractivity contribution in [2.75, 3.05) is 42.0 Å². The van der Waals surface area contributed by atoms with Crippen molar-refractivity contribution < 1.29 is 38.0 Å². The number of benzene rings is 2. The molecule has 0 aliphatic carbocycles. The van der Waals surface area contributed by atoms with Gasteiger partial charge in [0, 0.05) is 25.8 Å². The van der Waals surface area contributed by atoms with Gasteiger partial charge in [0.25, 0.3) is 0 Å². The minimum Gasteiger partial charge on any atom is -0.497 e. The molecule has 0 aliphatic rings. The van der Waals surface area contributed by atoms with Crippen LogP contribution in [0.4, 0.5) is 0 Å². The minimum absolute atomic E-state index is 0.0439. The van der Waals surface area contributed by atoms with Gasteiger partial charge in [-0.15, -0.1) is 0 Å². The van der Waals surface area contributed by atoms with E-state index in [9.17, 15) is 9.59 Å². The van der Waals surface area contributed by atoms with Gasteiger partial charge in [0.05, 0.1) is 26.2 Å². The standard InChI is InChI=1S/C22H26O8/c1-14(23)21-17(10-20(24)28-5)22(15-7-6-8-16(9-15)27-4)19(30-13-26-3)11-18(21)29-12-25-2/h6-9,11H,10,12-13H2,1-5H3. The molecule has 0 heterocycles. The van der Waals surface area contributed by atoms with E-state index in [0.29, 0.717) is 28.2 Å². The molecule has 2 rings (SSSR count). The Balaban J connectivity index is 2.86. The number of Topliss-reactive ketones (excluding diaryl/α,β-unsaturated/α-hetero) is 1. The summed E-state index contributed by atoms with van der Waals surface area (Å²) in [5.41, 5.74) is 1.91. The first-order valence-electron chi connectivity index (χ1n) is 9.12. The highest BCUT2D eigenvalue weighted by Gasteiger charge is 2.26. The number of hydrogen-bond donors (Lipinski definition) is 0. The topological polar surface area (TPSA) is 89.5 Å². The predicted molar refractivity (Wildman–Crippen MR) is 109 cm³/mol. The number of esters is 1.